The van der Waals surface area contributed by atoms with Crippen molar-refractivity contribution in [2.24, 2.45) is 0 Å². The molecule has 2 N–H and O–H groups in total. The van der Waals surface area contributed by atoms with E-state index in [1.807, 2.05) is 0 Å². The molecule has 0 atom stereocenters. The first kappa shape index (κ1) is 16.1. The maximum atomic E-state index is 8.50. The molecule has 0 aliphatic carbocycles. The molecule has 0 rings (SSSR count). The van der Waals surface area contributed by atoms with Crippen molar-refractivity contribution >= 4 is 0 Å². The first-order chi connectivity index (χ1) is 4.24. The molecule has 58 valence electrons. The normalized spacial score (nSPS) is 5.33. The standard InChI is InChI=1S/2C2H6O.Mo.2O/c2*1-2-3;;;/h2*3H,2H2,1H3;;;. The summed E-state index contributed by atoms with van der Waals surface area (Å²) in [5.74, 6) is 0. The summed E-state index contributed by atoms with van der Waals surface area (Å²) >= 11 is -2.03. The van der Waals surface area contributed by atoms with Crippen LogP contribution in [0.3, 0.4) is 0 Å². The summed E-state index contributed by atoms with van der Waals surface area (Å²) in [7, 11) is 0. The molecular formula is C4H12MoO4. The Bertz CT molecular complexity index is 48.5. The molecule has 5 heteroatoms. The van der Waals surface area contributed by atoms with Crippen molar-refractivity contribution in [1.82, 2.24) is 0 Å². The number of aliphatic hydroxyl groups excluding tert-OH is 2. The van der Waals surface area contributed by atoms with Crippen LogP contribution >= 0.6 is 0 Å². The van der Waals surface area contributed by atoms with Crippen LogP contribution in [0.5, 0.6) is 0 Å². The molecule has 9 heavy (non-hydrogen) atoms. The predicted molar refractivity (Wildman–Crippen MR) is 26.9 cm³/mol. The third kappa shape index (κ3) is 7290. The molecule has 0 fully saturated rings. The molecule has 0 saturated carbocycles. The van der Waals surface area contributed by atoms with Gasteiger partial charge in [-0.25, -0.2) is 0 Å². The molecule has 0 radical (unpaired) electrons. The molecule has 0 aliphatic heterocycles. The summed E-state index contributed by atoms with van der Waals surface area (Å²) < 4.78 is 17.0. The monoisotopic (exact) mass is 222 g/mol. The van der Waals surface area contributed by atoms with Gasteiger partial charge in [0.15, 0.2) is 0 Å². The van der Waals surface area contributed by atoms with E-state index >= 15 is 0 Å². The molecule has 0 bridgehead atoms. The Labute approximate surface area is 63.0 Å². The van der Waals surface area contributed by atoms with Gasteiger partial charge in [-0.2, -0.15) is 0 Å². The minimum absolute atomic E-state index is 0.250. The molecule has 0 aliphatic rings. The first-order valence-electron chi connectivity index (χ1n) is 2.38. The van der Waals surface area contributed by atoms with Crippen molar-refractivity contribution < 1.29 is 35.5 Å². The van der Waals surface area contributed by atoms with Gasteiger partial charge in [-0.15, -0.1) is 0 Å². The van der Waals surface area contributed by atoms with Crippen molar-refractivity contribution in [3.8, 4) is 0 Å². The van der Waals surface area contributed by atoms with Crippen LogP contribution in [0.2, 0.25) is 0 Å². The Kier molecular flexibility index (Phi) is 74.1. The molecule has 0 heterocycles. The van der Waals surface area contributed by atoms with E-state index in [2.05, 4.69) is 0 Å². The molecule has 0 amide bonds. The zero-order valence-corrected chi connectivity index (χ0v) is 7.54. The second-order valence-corrected chi connectivity index (χ2v) is 1.03. The minimum atomic E-state index is -2.03. The van der Waals surface area contributed by atoms with Crippen LogP contribution < -0.4 is 0 Å². The van der Waals surface area contributed by atoms with E-state index in [9.17, 15) is 0 Å². The van der Waals surface area contributed by atoms with Gasteiger partial charge >= 0.3 is 25.3 Å². The summed E-state index contributed by atoms with van der Waals surface area (Å²) in [5, 5.41) is 15.1. The van der Waals surface area contributed by atoms with Crippen molar-refractivity contribution in [3.63, 3.8) is 0 Å². The van der Waals surface area contributed by atoms with Gasteiger partial charge in [-0.05, 0) is 13.8 Å². The zero-order chi connectivity index (χ0) is 8.12. The predicted octanol–water partition coefficient (Wildman–Crippen LogP) is -0.243. The van der Waals surface area contributed by atoms with Crippen molar-refractivity contribution in [1.29, 1.82) is 0 Å². The fourth-order valence-electron chi connectivity index (χ4n) is 0. The Hall–Kier alpha value is 0.208. The molecule has 0 aromatic rings. The number of aliphatic hydroxyl groups is 2. The van der Waals surface area contributed by atoms with Gasteiger partial charge in [-0.1, -0.05) is 0 Å². The summed E-state index contributed by atoms with van der Waals surface area (Å²) in [6.07, 6.45) is 0. The van der Waals surface area contributed by atoms with Crippen LogP contribution in [0, 0.1) is 0 Å². The Morgan fingerprint density at radius 3 is 1.11 bits per heavy atom. The average Bonchev–Trinajstić information content (AvgIpc) is 1.70. The van der Waals surface area contributed by atoms with Crippen molar-refractivity contribution in [2.45, 2.75) is 13.8 Å². The van der Waals surface area contributed by atoms with Gasteiger partial charge in [0.05, 0.1) is 0 Å². The number of hydrogen-bond donors (Lipinski definition) is 2. The average molecular weight is 220 g/mol. The van der Waals surface area contributed by atoms with E-state index in [-0.39, 0.29) is 13.2 Å². The molecule has 0 aromatic heterocycles. The van der Waals surface area contributed by atoms with Crippen molar-refractivity contribution in [3.05, 3.63) is 0 Å². The van der Waals surface area contributed by atoms with E-state index in [0.29, 0.717) is 0 Å². The van der Waals surface area contributed by atoms with Crippen LogP contribution in [-0.2, 0) is 25.3 Å². The van der Waals surface area contributed by atoms with E-state index in [0.717, 1.165) is 0 Å². The molecule has 0 aromatic carbocycles. The third-order valence-corrected chi connectivity index (χ3v) is 0. The number of rotatable bonds is 0. The topological polar surface area (TPSA) is 74.6 Å². The van der Waals surface area contributed by atoms with Gasteiger partial charge in [-0.3, -0.25) is 0 Å². The molecule has 0 spiro atoms. The van der Waals surface area contributed by atoms with Crippen LogP contribution in [0.15, 0.2) is 0 Å². The van der Waals surface area contributed by atoms with Gasteiger partial charge in [0.1, 0.15) is 0 Å². The van der Waals surface area contributed by atoms with Crippen LogP contribution in [0.25, 0.3) is 0 Å². The summed E-state index contributed by atoms with van der Waals surface area (Å²) in [4.78, 5) is 0. The van der Waals surface area contributed by atoms with E-state index in [4.69, 9.17) is 17.0 Å². The number of hydrogen-bond acceptors (Lipinski definition) is 4. The quantitative estimate of drug-likeness (QED) is 0.552. The van der Waals surface area contributed by atoms with Crippen LogP contribution in [0.1, 0.15) is 13.8 Å². The molecular weight excluding hydrogens is 208 g/mol. The van der Waals surface area contributed by atoms with Crippen LogP contribution in [-0.4, -0.2) is 23.4 Å². The Morgan fingerprint density at radius 1 is 1.11 bits per heavy atom. The molecule has 4 nitrogen and oxygen atoms in total. The van der Waals surface area contributed by atoms with Crippen molar-refractivity contribution in [2.75, 3.05) is 13.2 Å². The summed E-state index contributed by atoms with van der Waals surface area (Å²) in [6, 6.07) is 0. The van der Waals surface area contributed by atoms with Gasteiger partial charge in [0.25, 0.3) is 0 Å². The molecule has 0 unspecified atom stereocenters. The van der Waals surface area contributed by atoms with Gasteiger partial charge in [0, 0.05) is 13.2 Å². The molecule has 0 saturated heterocycles. The van der Waals surface area contributed by atoms with Gasteiger partial charge in [0.2, 0.25) is 0 Å². The third-order valence-electron chi connectivity index (χ3n) is 0. The van der Waals surface area contributed by atoms with Gasteiger partial charge < -0.3 is 10.2 Å². The van der Waals surface area contributed by atoms with Crippen LogP contribution in [0.4, 0.5) is 0 Å². The first-order valence-corrected chi connectivity index (χ1v) is 4.02. The van der Waals surface area contributed by atoms with E-state index in [1.165, 1.54) is 0 Å². The maximum absolute atomic E-state index is 8.50. The Balaban J connectivity index is -0.0000000600. The van der Waals surface area contributed by atoms with E-state index in [1.54, 1.807) is 13.8 Å². The second kappa shape index (κ2) is 41.4. The SMILES string of the molecule is CCO.CCO.[O]=[Mo]=[O]. The summed E-state index contributed by atoms with van der Waals surface area (Å²) in [5.41, 5.74) is 0. The van der Waals surface area contributed by atoms with E-state index < -0.39 is 18.5 Å². The summed E-state index contributed by atoms with van der Waals surface area (Å²) in [6.45, 7) is 3.86. The fraction of sp³-hybridized carbons (Fsp3) is 1.00. The second-order valence-electron chi connectivity index (χ2n) is 0.700. The Morgan fingerprint density at radius 2 is 1.11 bits per heavy atom. The zero-order valence-electron chi connectivity index (χ0n) is 5.53. The fourth-order valence-corrected chi connectivity index (χ4v) is 0.